The molecule has 0 radical (unpaired) electrons. The summed E-state index contributed by atoms with van der Waals surface area (Å²) in [5.41, 5.74) is 0. The number of carbonyl (C=O) groups is 3. The van der Waals surface area contributed by atoms with Crippen molar-refractivity contribution in [2.75, 3.05) is 13.2 Å². The fourth-order valence-electron chi connectivity index (χ4n) is 6.93. The van der Waals surface area contributed by atoms with E-state index in [1.54, 1.807) is 0 Å². The van der Waals surface area contributed by atoms with E-state index in [0.29, 0.717) is 19.3 Å². The van der Waals surface area contributed by atoms with Gasteiger partial charge in [0, 0.05) is 19.3 Å². The van der Waals surface area contributed by atoms with E-state index in [4.69, 9.17) is 14.2 Å². The molecule has 0 aliphatic rings. The van der Waals surface area contributed by atoms with E-state index in [2.05, 4.69) is 69.4 Å². The Labute approximate surface area is 365 Å². The van der Waals surface area contributed by atoms with Crippen molar-refractivity contribution >= 4 is 17.9 Å². The smallest absolute Gasteiger partial charge is 0.306 e. The second kappa shape index (κ2) is 48.0. The summed E-state index contributed by atoms with van der Waals surface area (Å²) in [5.74, 6) is -0.905. The monoisotopic (exact) mass is 827 g/mol. The number of hydrogen-bond donors (Lipinski definition) is 0. The maximum absolute atomic E-state index is 12.7. The Kier molecular flexibility index (Phi) is 45.9. The molecule has 0 fully saturated rings. The van der Waals surface area contributed by atoms with Crippen LogP contribution in [-0.4, -0.2) is 37.2 Å². The summed E-state index contributed by atoms with van der Waals surface area (Å²) in [4.78, 5) is 37.9. The van der Waals surface area contributed by atoms with Gasteiger partial charge in [0.1, 0.15) is 13.2 Å². The summed E-state index contributed by atoms with van der Waals surface area (Å²) >= 11 is 0. The fraction of sp³-hybridized carbons (Fsp3) is 0.792. The van der Waals surface area contributed by atoms with Crippen LogP contribution >= 0.6 is 0 Å². The fourth-order valence-corrected chi connectivity index (χ4v) is 6.93. The second-order valence-electron chi connectivity index (χ2n) is 16.7. The van der Waals surface area contributed by atoms with Crippen LogP contribution < -0.4 is 0 Å². The van der Waals surface area contributed by atoms with Gasteiger partial charge in [0.05, 0.1) is 0 Å². The third-order valence-corrected chi connectivity index (χ3v) is 10.8. The summed E-state index contributed by atoms with van der Waals surface area (Å²) in [6.45, 7) is 6.55. The zero-order valence-corrected chi connectivity index (χ0v) is 39.0. The van der Waals surface area contributed by atoms with Gasteiger partial charge in [0.15, 0.2) is 6.10 Å². The highest BCUT2D eigenvalue weighted by molar-refractivity contribution is 5.71. The van der Waals surface area contributed by atoms with E-state index >= 15 is 0 Å². The molecule has 0 saturated carbocycles. The molecule has 0 aromatic carbocycles. The van der Waals surface area contributed by atoms with Crippen LogP contribution in [0.2, 0.25) is 0 Å². The molecule has 0 amide bonds. The van der Waals surface area contributed by atoms with Gasteiger partial charge in [-0.2, -0.15) is 0 Å². The highest BCUT2D eigenvalue weighted by Crippen LogP contribution is 2.14. The third-order valence-electron chi connectivity index (χ3n) is 10.8. The first-order valence-electron chi connectivity index (χ1n) is 25.1. The van der Waals surface area contributed by atoms with E-state index < -0.39 is 6.10 Å². The summed E-state index contributed by atoms with van der Waals surface area (Å²) in [6, 6.07) is 0. The van der Waals surface area contributed by atoms with Crippen molar-refractivity contribution in [3.05, 3.63) is 48.6 Å². The Bertz CT molecular complexity index is 1040. The van der Waals surface area contributed by atoms with Crippen LogP contribution in [0.15, 0.2) is 48.6 Å². The summed E-state index contributed by atoms with van der Waals surface area (Å²) < 4.78 is 16.7. The lowest BCUT2D eigenvalue weighted by Gasteiger charge is -2.18. The van der Waals surface area contributed by atoms with E-state index in [0.717, 1.165) is 89.9 Å². The molecule has 1 atom stereocenters. The first-order chi connectivity index (χ1) is 29.0. The second-order valence-corrected chi connectivity index (χ2v) is 16.7. The average molecular weight is 827 g/mol. The molecule has 0 rings (SSSR count). The summed E-state index contributed by atoms with van der Waals surface area (Å²) in [7, 11) is 0. The van der Waals surface area contributed by atoms with Crippen molar-refractivity contribution in [3.8, 4) is 0 Å². The van der Waals surface area contributed by atoms with Crippen molar-refractivity contribution in [2.24, 2.45) is 0 Å². The molecule has 0 aliphatic carbocycles. The number of esters is 3. The molecule has 6 heteroatoms. The van der Waals surface area contributed by atoms with E-state index in [-0.39, 0.29) is 31.1 Å². The molecule has 342 valence electrons. The number of rotatable bonds is 45. The molecule has 0 aromatic rings. The van der Waals surface area contributed by atoms with Crippen molar-refractivity contribution in [1.29, 1.82) is 0 Å². The van der Waals surface area contributed by atoms with Crippen molar-refractivity contribution in [1.82, 2.24) is 0 Å². The van der Waals surface area contributed by atoms with Gasteiger partial charge < -0.3 is 14.2 Å². The molecule has 0 saturated heterocycles. The SMILES string of the molecule is CCCCC/C=C\C/C=C\CCCCCCCCCC(=O)OCC(COC(=O)CCCCCCC/C=C\CCCCC)OC(=O)CCCCCCC/C=C\CCCCC. The molecule has 0 aromatic heterocycles. The van der Waals surface area contributed by atoms with Gasteiger partial charge in [-0.15, -0.1) is 0 Å². The van der Waals surface area contributed by atoms with Gasteiger partial charge in [-0.1, -0.05) is 179 Å². The van der Waals surface area contributed by atoms with E-state index in [9.17, 15) is 14.4 Å². The van der Waals surface area contributed by atoms with Crippen molar-refractivity contribution in [3.63, 3.8) is 0 Å². The molecule has 1 unspecified atom stereocenters. The van der Waals surface area contributed by atoms with Crippen LogP contribution in [0.5, 0.6) is 0 Å². The standard InChI is InChI=1S/C53H94O6/c1-4-7-10-13-16-19-22-25-26-27-28-29-32-34-37-40-43-46-52(55)58-49-50(59-53(56)47-44-41-38-35-31-24-21-18-15-12-9-6-3)48-57-51(54)45-42-39-36-33-30-23-20-17-14-11-8-5-2/h16-21,25-26,50H,4-15,22-24,27-49H2,1-3H3/b19-16-,20-17-,21-18-,26-25-. The van der Waals surface area contributed by atoms with Crippen LogP contribution in [0.25, 0.3) is 0 Å². The van der Waals surface area contributed by atoms with Crippen molar-refractivity contribution < 1.29 is 28.6 Å². The largest absolute Gasteiger partial charge is 0.462 e. The number of carbonyl (C=O) groups excluding carboxylic acids is 3. The van der Waals surface area contributed by atoms with Crippen LogP contribution in [0.4, 0.5) is 0 Å². The van der Waals surface area contributed by atoms with Gasteiger partial charge in [0.25, 0.3) is 0 Å². The summed E-state index contributed by atoms with van der Waals surface area (Å²) in [5, 5.41) is 0. The average Bonchev–Trinajstić information content (AvgIpc) is 3.23. The van der Waals surface area contributed by atoms with Gasteiger partial charge in [-0.05, 0) is 103 Å². The molecule has 0 aliphatic heterocycles. The molecular formula is C53H94O6. The topological polar surface area (TPSA) is 78.9 Å². The number of hydrogen-bond acceptors (Lipinski definition) is 6. The summed E-state index contributed by atoms with van der Waals surface area (Å²) in [6.07, 6.45) is 56.6. The highest BCUT2D eigenvalue weighted by atomic mass is 16.6. The Hall–Kier alpha value is -2.63. The molecule has 0 N–H and O–H groups in total. The first-order valence-corrected chi connectivity index (χ1v) is 25.1. The van der Waals surface area contributed by atoms with Gasteiger partial charge in [0.2, 0.25) is 0 Å². The Morgan fingerprint density at radius 2 is 0.610 bits per heavy atom. The molecule has 0 heterocycles. The van der Waals surface area contributed by atoms with Crippen LogP contribution in [-0.2, 0) is 28.6 Å². The van der Waals surface area contributed by atoms with Crippen LogP contribution in [0.1, 0.15) is 252 Å². The van der Waals surface area contributed by atoms with Gasteiger partial charge in [-0.25, -0.2) is 0 Å². The number of allylic oxidation sites excluding steroid dienone is 8. The quantitative estimate of drug-likeness (QED) is 0.0263. The normalized spacial score (nSPS) is 12.4. The Morgan fingerprint density at radius 3 is 0.949 bits per heavy atom. The molecule has 0 bridgehead atoms. The van der Waals surface area contributed by atoms with Gasteiger partial charge >= 0.3 is 17.9 Å². The number of unbranched alkanes of at least 4 members (excludes halogenated alkanes) is 26. The molecule has 59 heavy (non-hydrogen) atoms. The zero-order chi connectivity index (χ0) is 43.0. The van der Waals surface area contributed by atoms with Crippen molar-refractivity contribution in [2.45, 2.75) is 258 Å². The van der Waals surface area contributed by atoms with E-state index in [1.807, 2.05) is 0 Å². The van der Waals surface area contributed by atoms with Gasteiger partial charge in [-0.3, -0.25) is 14.4 Å². The molecule has 0 spiro atoms. The molecular weight excluding hydrogens is 733 g/mol. The third kappa shape index (κ3) is 46.3. The predicted molar refractivity (Wildman–Crippen MR) is 252 cm³/mol. The Balaban J connectivity index is 4.37. The maximum Gasteiger partial charge on any atom is 0.306 e. The maximum atomic E-state index is 12.7. The minimum atomic E-state index is -0.781. The van der Waals surface area contributed by atoms with Crippen LogP contribution in [0, 0.1) is 0 Å². The predicted octanol–water partition coefficient (Wildman–Crippen LogP) is 16.3. The minimum absolute atomic E-state index is 0.0828. The molecule has 6 nitrogen and oxygen atoms in total. The minimum Gasteiger partial charge on any atom is -0.462 e. The lowest BCUT2D eigenvalue weighted by Crippen LogP contribution is -2.30. The first kappa shape index (κ1) is 56.4. The lowest BCUT2D eigenvalue weighted by molar-refractivity contribution is -0.167. The lowest BCUT2D eigenvalue weighted by atomic mass is 10.1. The van der Waals surface area contributed by atoms with Crippen LogP contribution in [0.3, 0.4) is 0 Å². The highest BCUT2D eigenvalue weighted by Gasteiger charge is 2.19. The Morgan fingerprint density at radius 1 is 0.339 bits per heavy atom. The number of ether oxygens (including phenoxy) is 3. The van der Waals surface area contributed by atoms with E-state index in [1.165, 1.54) is 122 Å². The zero-order valence-electron chi connectivity index (χ0n) is 39.0.